The van der Waals surface area contributed by atoms with Crippen molar-refractivity contribution in [3.8, 4) is 0 Å². The Balaban J connectivity index is 4.19. The van der Waals surface area contributed by atoms with E-state index in [0.717, 1.165) is 0 Å². The van der Waals surface area contributed by atoms with Gasteiger partial charge in [0.2, 0.25) is 23.6 Å². The lowest BCUT2D eigenvalue weighted by Gasteiger charge is -2.14. The van der Waals surface area contributed by atoms with E-state index in [1.807, 2.05) is 0 Å². The number of rotatable bonds is 13. The average molecular weight is 389 g/mol. The van der Waals surface area contributed by atoms with Crippen LogP contribution < -0.4 is 27.4 Å². The van der Waals surface area contributed by atoms with Crippen LogP contribution in [0.2, 0.25) is 0 Å². The van der Waals surface area contributed by atoms with E-state index < -0.39 is 67.2 Å². The Morgan fingerprint density at radius 3 is 1.96 bits per heavy atom. The van der Waals surface area contributed by atoms with Gasteiger partial charge in [-0.25, -0.2) is 4.79 Å². The molecule has 152 valence electrons. The Kier molecular flexibility index (Phi) is 10.7. The highest BCUT2D eigenvalue weighted by molar-refractivity contribution is 5.91. The first-order valence-electron chi connectivity index (χ1n) is 7.85. The van der Waals surface area contributed by atoms with Crippen molar-refractivity contribution in [1.29, 1.82) is 0 Å². The van der Waals surface area contributed by atoms with Crippen LogP contribution in [-0.2, 0) is 28.8 Å². The zero-order valence-corrected chi connectivity index (χ0v) is 14.4. The van der Waals surface area contributed by atoms with Gasteiger partial charge in [-0.1, -0.05) is 0 Å². The Morgan fingerprint density at radius 1 is 0.852 bits per heavy atom. The third-order valence-electron chi connectivity index (χ3n) is 3.19. The lowest BCUT2D eigenvalue weighted by Crippen LogP contribution is -2.48. The van der Waals surface area contributed by atoms with Gasteiger partial charge in [-0.15, -0.1) is 0 Å². The number of primary amides is 1. The van der Waals surface area contributed by atoms with E-state index in [1.54, 1.807) is 0 Å². The average Bonchev–Trinajstić information content (AvgIpc) is 2.58. The fourth-order valence-electron chi connectivity index (χ4n) is 1.74. The quantitative estimate of drug-likeness (QED) is 0.164. The first-order valence-corrected chi connectivity index (χ1v) is 7.85. The number of nitrogens with one attached hydrogen (secondary N) is 3. The van der Waals surface area contributed by atoms with E-state index in [2.05, 4.69) is 16.0 Å². The molecule has 0 aliphatic rings. The van der Waals surface area contributed by atoms with Crippen molar-refractivity contribution in [1.82, 2.24) is 16.0 Å². The fraction of sp³-hybridized carbons (Fsp3) is 0.571. The zero-order chi connectivity index (χ0) is 21.0. The molecule has 2 unspecified atom stereocenters. The number of aliphatic carboxylic acids is 2. The normalized spacial score (nSPS) is 12.3. The summed E-state index contributed by atoms with van der Waals surface area (Å²) < 4.78 is 0. The molecule has 4 amide bonds. The molecule has 9 N–H and O–H groups in total. The molecule has 13 heteroatoms. The van der Waals surface area contributed by atoms with Gasteiger partial charge in [-0.2, -0.15) is 0 Å². The minimum absolute atomic E-state index is 0.0120. The van der Waals surface area contributed by atoms with Crippen LogP contribution in [0.15, 0.2) is 0 Å². The highest BCUT2D eigenvalue weighted by Crippen LogP contribution is 1.98. The number of hydrogen-bond donors (Lipinski definition) is 7. The first kappa shape index (κ1) is 23.8. The van der Waals surface area contributed by atoms with E-state index in [4.69, 9.17) is 21.7 Å². The van der Waals surface area contributed by atoms with Crippen molar-refractivity contribution in [2.24, 2.45) is 11.5 Å². The topological polar surface area (TPSA) is 231 Å². The lowest BCUT2D eigenvalue weighted by atomic mass is 10.1. The molecule has 13 nitrogen and oxygen atoms in total. The molecule has 0 heterocycles. The van der Waals surface area contributed by atoms with Crippen molar-refractivity contribution < 1.29 is 39.0 Å². The van der Waals surface area contributed by atoms with Gasteiger partial charge < -0.3 is 37.6 Å². The number of carboxylic acid groups (broad SMARTS) is 2. The molecule has 0 aromatic rings. The summed E-state index contributed by atoms with van der Waals surface area (Å²) in [7, 11) is 0. The van der Waals surface area contributed by atoms with Crippen LogP contribution in [0.25, 0.3) is 0 Å². The molecule has 0 aromatic carbocycles. The first-order chi connectivity index (χ1) is 12.5. The standard InChI is InChI=1S/C14H23N5O8/c15-7(1-3-9(16)20)13(25)18-5-10(21)17-6-11(22)19-8(14(26)27)2-4-12(23)24/h7-8H,1-6,15H2,(H2,16,20)(H,17,21)(H,18,25)(H,19,22)(H,23,24)(H,26,27). The van der Waals surface area contributed by atoms with Crippen LogP contribution in [0.4, 0.5) is 0 Å². The number of amides is 4. The van der Waals surface area contributed by atoms with Crippen molar-refractivity contribution >= 4 is 35.6 Å². The summed E-state index contributed by atoms with van der Waals surface area (Å²) in [5.41, 5.74) is 10.4. The number of nitrogens with two attached hydrogens (primary N) is 2. The maximum Gasteiger partial charge on any atom is 0.326 e. The summed E-state index contributed by atoms with van der Waals surface area (Å²) in [4.78, 5) is 66.7. The van der Waals surface area contributed by atoms with Crippen molar-refractivity contribution in [2.75, 3.05) is 13.1 Å². The van der Waals surface area contributed by atoms with Crippen molar-refractivity contribution in [3.05, 3.63) is 0 Å². The van der Waals surface area contributed by atoms with Crippen LogP contribution in [0.5, 0.6) is 0 Å². The molecular formula is C14H23N5O8. The largest absolute Gasteiger partial charge is 0.481 e. The van der Waals surface area contributed by atoms with Crippen molar-refractivity contribution in [3.63, 3.8) is 0 Å². The van der Waals surface area contributed by atoms with Gasteiger partial charge in [0, 0.05) is 12.8 Å². The van der Waals surface area contributed by atoms with Gasteiger partial charge in [0.1, 0.15) is 6.04 Å². The van der Waals surface area contributed by atoms with Gasteiger partial charge >= 0.3 is 11.9 Å². The molecule has 2 atom stereocenters. The summed E-state index contributed by atoms with van der Waals surface area (Å²) in [6, 6.07) is -2.44. The smallest absolute Gasteiger partial charge is 0.326 e. The number of carboxylic acids is 2. The number of carbonyl (C=O) groups is 6. The van der Waals surface area contributed by atoms with E-state index >= 15 is 0 Å². The van der Waals surface area contributed by atoms with E-state index in [0.29, 0.717) is 0 Å². The van der Waals surface area contributed by atoms with Crippen LogP contribution in [-0.4, -0.2) is 71.0 Å². The molecule has 0 saturated heterocycles. The summed E-state index contributed by atoms with van der Waals surface area (Å²) in [6.07, 6.45) is -0.846. The Hall–Kier alpha value is -3.22. The second kappa shape index (κ2) is 12.2. The van der Waals surface area contributed by atoms with Crippen LogP contribution >= 0.6 is 0 Å². The van der Waals surface area contributed by atoms with E-state index in [1.165, 1.54) is 0 Å². The van der Waals surface area contributed by atoms with Crippen LogP contribution in [0.3, 0.4) is 0 Å². The zero-order valence-electron chi connectivity index (χ0n) is 14.4. The monoisotopic (exact) mass is 389 g/mol. The molecule has 0 saturated carbocycles. The SMILES string of the molecule is NC(=O)CCC(N)C(=O)NCC(=O)NCC(=O)NC(CCC(=O)O)C(=O)O. The molecule has 0 fully saturated rings. The highest BCUT2D eigenvalue weighted by atomic mass is 16.4. The van der Waals surface area contributed by atoms with Gasteiger partial charge in [-0.3, -0.25) is 24.0 Å². The third kappa shape index (κ3) is 11.9. The molecule has 0 aliphatic carbocycles. The maximum absolute atomic E-state index is 11.6. The molecule has 0 aromatic heterocycles. The predicted molar refractivity (Wildman–Crippen MR) is 88.9 cm³/mol. The highest BCUT2D eigenvalue weighted by Gasteiger charge is 2.21. The second-order valence-electron chi connectivity index (χ2n) is 5.50. The molecule has 0 spiro atoms. The fourth-order valence-corrected chi connectivity index (χ4v) is 1.74. The summed E-state index contributed by atoms with van der Waals surface area (Å²) in [5, 5.41) is 23.9. The maximum atomic E-state index is 11.6. The number of carbonyl (C=O) groups excluding carboxylic acids is 4. The molecule has 0 aliphatic heterocycles. The van der Waals surface area contributed by atoms with Crippen molar-refractivity contribution in [2.45, 2.75) is 37.8 Å². The number of hydrogen-bond acceptors (Lipinski definition) is 7. The lowest BCUT2D eigenvalue weighted by molar-refractivity contribution is -0.143. The summed E-state index contributed by atoms with van der Waals surface area (Å²) in [6.45, 7) is -1.06. The summed E-state index contributed by atoms with van der Waals surface area (Å²) in [5.74, 6) is -5.51. The van der Waals surface area contributed by atoms with Crippen LogP contribution in [0.1, 0.15) is 25.7 Å². The Labute approximate surface area is 153 Å². The van der Waals surface area contributed by atoms with Gasteiger partial charge in [0.25, 0.3) is 0 Å². The van der Waals surface area contributed by atoms with E-state index in [9.17, 15) is 28.8 Å². The van der Waals surface area contributed by atoms with Gasteiger partial charge in [0.05, 0.1) is 19.1 Å². The Morgan fingerprint density at radius 2 is 1.44 bits per heavy atom. The second-order valence-corrected chi connectivity index (χ2v) is 5.50. The van der Waals surface area contributed by atoms with Gasteiger partial charge in [0.15, 0.2) is 0 Å². The van der Waals surface area contributed by atoms with E-state index in [-0.39, 0.29) is 19.3 Å². The Bertz CT molecular complexity index is 594. The molecule has 0 radical (unpaired) electrons. The molecule has 27 heavy (non-hydrogen) atoms. The minimum atomic E-state index is -1.41. The molecule has 0 bridgehead atoms. The predicted octanol–water partition coefficient (Wildman–Crippen LogP) is -3.75. The summed E-state index contributed by atoms with van der Waals surface area (Å²) >= 11 is 0. The third-order valence-corrected chi connectivity index (χ3v) is 3.19. The van der Waals surface area contributed by atoms with Gasteiger partial charge in [-0.05, 0) is 12.8 Å². The minimum Gasteiger partial charge on any atom is -0.481 e. The molecular weight excluding hydrogens is 366 g/mol. The molecule has 0 rings (SSSR count). The van der Waals surface area contributed by atoms with Crippen LogP contribution in [0, 0.1) is 0 Å².